The van der Waals surface area contributed by atoms with Crippen molar-refractivity contribution in [2.75, 3.05) is 59.9 Å². The van der Waals surface area contributed by atoms with Crippen LogP contribution in [-0.2, 0) is 73.6 Å². The number of likely N-dealkylation sites (N-methyl/N-ethyl adjacent to an activating group) is 2. The molecule has 3 aromatic carbocycles. The first kappa shape index (κ1) is 76.2. The summed E-state index contributed by atoms with van der Waals surface area (Å²) in [5.41, 5.74) is 9.02. The molecule has 91 heavy (non-hydrogen) atoms. The van der Waals surface area contributed by atoms with Crippen molar-refractivity contribution in [2.24, 2.45) is 47.2 Å². The van der Waals surface area contributed by atoms with Gasteiger partial charge in [-0.3, -0.25) is 38.6 Å². The number of ketones is 2. The van der Waals surface area contributed by atoms with Crippen molar-refractivity contribution >= 4 is 59.0 Å². The molecule has 21 nitrogen and oxygen atoms in total. The summed E-state index contributed by atoms with van der Waals surface area (Å²) in [6.07, 6.45) is 1.45. The van der Waals surface area contributed by atoms with Gasteiger partial charge in [0.15, 0.2) is 11.6 Å². The highest BCUT2D eigenvalue weighted by Crippen LogP contribution is 2.32. The Balaban J connectivity index is 1.35. The number of methoxy groups -OCH3 is 2. The van der Waals surface area contributed by atoms with Crippen LogP contribution in [0.15, 0.2) is 78.9 Å². The highest BCUT2D eigenvalue weighted by Gasteiger charge is 2.44. The number of carbonyl (C=O) groups is 9. The number of primary amides is 1. The number of urea groups is 1. The fraction of sp³-hybridized carbons (Fsp3) is 0.614. The van der Waals surface area contributed by atoms with Crippen molar-refractivity contribution in [3.05, 3.63) is 101 Å². The van der Waals surface area contributed by atoms with Gasteiger partial charge in [0.1, 0.15) is 12.6 Å². The van der Waals surface area contributed by atoms with Gasteiger partial charge in [-0.05, 0) is 97.2 Å². The Morgan fingerprint density at radius 3 is 1.87 bits per heavy atom. The summed E-state index contributed by atoms with van der Waals surface area (Å²) >= 11 is 0. The highest BCUT2D eigenvalue weighted by molar-refractivity contribution is 5.92. The number of carboxylic acids is 1. The molecule has 7 amide bonds. The van der Waals surface area contributed by atoms with E-state index in [1.54, 1.807) is 67.2 Å². The van der Waals surface area contributed by atoms with E-state index >= 15 is 0 Å². The molecule has 0 radical (unpaired) electrons. The van der Waals surface area contributed by atoms with Crippen LogP contribution in [-0.4, -0.2) is 171 Å². The van der Waals surface area contributed by atoms with E-state index in [1.807, 2.05) is 117 Å². The number of carbonyl (C=O) groups excluding carboxylic acids is 8. The second-order valence-corrected chi connectivity index (χ2v) is 25.9. The van der Waals surface area contributed by atoms with Gasteiger partial charge >= 0.3 is 18.1 Å². The van der Waals surface area contributed by atoms with Gasteiger partial charge in [0, 0.05) is 84.7 Å². The van der Waals surface area contributed by atoms with Gasteiger partial charge in [-0.2, -0.15) is 0 Å². The monoisotopic (exact) mass is 1270 g/mol. The minimum Gasteiger partial charge on any atom is -0.480 e. The standard InChI is InChI=1S/C70H106N8O13/c1-16-46(8)63(60(89-14)41-61(81)78-36-21-25-57(78)64(90-15)48(10)66(83)74-56(68(85)86)38-50-22-18-17-19-23-50)77(13)67(84)54(44(4)5)40-59(80)62(45(6)7)75(11)37-34-49-30-32-53(33-31-49)76(12)70(88)91-42-52-28-26-51(27-29-52)39-58(79)55(24-20-35-72-69(71)87)73-65(82)47(9)43(2)3/h17-19,22-23,26-33,43-48,54-57,60,62-64H,16,20-21,24-25,34-42H2,1-15H3,(H,73,82)(H,74,83)(H,85,86)(H3,71,72,87)/t46-,47-,48+,54-,55-,56-,57-,60+,62-,63-,64+/m0/s1. The number of nitrogens with two attached hydrogens (primary N) is 1. The molecule has 0 saturated carbocycles. The number of benzene rings is 3. The lowest BCUT2D eigenvalue weighted by molar-refractivity contribution is -0.149. The molecule has 1 aliphatic heterocycles. The van der Waals surface area contributed by atoms with Crippen LogP contribution in [0.4, 0.5) is 15.3 Å². The van der Waals surface area contributed by atoms with Gasteiger partial charge in [-0.25, -0.2) is 14.4 Å². The molecule has 0 aromatic heterocycles. The Kier molecular flexibility index (Phi) is 31.3. The van der Waals surface area contributed by atoms with E-state index in [4.69, 9.17) is 19.9 Å². The number of hydrogen-bond donors (Lipinski definition) is 5. The number of aliphatic carboxylic acids is 1. The van der Waals surface area contributed by atoms with E-state index in [9.17, 15) is 48.3 Å². The predicted octanol–water partition coefficient (Wildman–Crippen LogP) is 8.26. The molecule has 6 N–H and O–H groups in total. The van der Waals surface area contributed by atoms with Crippen LogP contribution >= 0.6 is 0 Å². The third-order valence-corrected chi connectivity index (χ3v) is 18.3. The largest absolute Gasteiger partial charge is 0.480 e. The van der Waals surface area contributed by atoms with Crippen LogP contribution in [0.1, 0.15) is 136 Å². The number of ether oxygens (including phenoxy) is 3. The number of nitrogens with one attached hydrogen (secondary N) is 3. The van der Waals surface area contributed by atoms with Crippen molar-refractivity contribution in [1.29, 1.82) is 0 Å². The molecule has 1 aliphatic rings. The quantitative estimate of drug-likeness (QED) is 0.0338. The molecule has 21 heteroatoms. The maximum absolute atomic E-state index is 14.9. The minimum atomic E-state index is -1.16. The molecule has 3 aromatic rings. The molecular weight excluding hydrogens is 1160 g/mol. The van der Waals surface area contributed by atoms with Gasteiger partial charge in [0.25, 0.3) is 0 Å². The average Bonchev–Trinajstić information content (AvgIpc) is 2.42. The Hall–Kier alpha value is -7.23. The van der Waals surface area contributed by atoms with Crippen molar-refractivity contribution < 1.29 is 62.5 Å². The Bertz CT molecular complexity index is 2830. The highest BCUT2D eigenvalue weighted by atomic mass is 16.6. The number of nitrogens with zero attached hydrogens (tertiary/aromatic N) is 4. The second kappa shape index (κ2) is 37.3. The Morgan fingerprint density at radius 2 is 1.31 bits per heavy atom. The molecule has 4 rings (SSSR count). The molecule has 0 spiro atoms. The molecule has 504 valence electrons. The fourth-order valence-electron chi connectivity index (χ4n) is 12.2. The predicted molar refractivity (Wildman–Crippen MR) is 352 cm³/mol. The van der Waals surface area contributed by atoms with Crippen LogP contribution in [0.5, 0.6) is 0 Å². The zero-order chi connectivity index (χ0) is 67.8. The number of carboxylic acid groups (broad SMARTS) is 1. The van der Waals surface area contributed by atoms with Gasteiger partial charge in [-0.15, -0.1) is 0 Å². The summed E-state index contributed by atoms with van der Waals surface area (Å²) in [5, 5.41) is 18.1. The second-order valence-electron chi connectivity index (χ2n) is 25.9. The summed E-state index contributed by atoms with van der Waals surface area (Å²) in [4.78, 5) is 128. The summed E-state index contributed by atoms with van der Waals surface area (Å²) in [7, 11) is 8.31. The zero-order valence-electron chi connectivity index (χ0n) is 56.7. The van der Waals surface area contributed by atoms with Gasteiger partial charge in [-0.1, -0.05) is 142 Å². The third kappa shape index (κ3) is 22.8. The lowest BCUT2D eigenvalue weighted by Gasteiger charge is -2.41. The number of anilines is 1. The Morgan fingerprint density at radius 1 is 0.703 bits per heavy atom. The number of likely N-dealkylation sites (tertiary alicyclic amines) is 1. The summed E-state index contributed by atoms with van der Waals surface area (Å²) in [6.45, 7) is 20.6. The molecular formula is C70H106N8O13. The number of amides is 7. The first-order valence-corrected chi connectivity index (χ1v) is 32.4. The van der Waals surface area contributed by atoms with Crippen LogP contribution in [0.2, 0.25) is 0 Å². The van der Waals surface area contributed by atoms with Crippen molar-refractivity contribution in [3.8, 4) is 0 Å². The van der Waals surface area contributed by atoms with Crippen LogP contribution in [0.3, 0.4) is 0 Å². The van der Waals surface area contributed by atoms with Crippen LogP contribution in [0, 0.1) is 41.4 Å². The average molecular weight is 1270 g/mol. The lowest BCUT2D eigenvalue weighted by atomic mass is 9.83. The van der Waals surface area contributed by atoms with Crippen molar-refractivity contribution in [2.45, 2.75) is 182 Å². The smallest absolute Gasteiger partial charge is 0.414 e. The van der Waals surface area contributed by atoms with E-state index < -0.39 is 78.3 Å². The summed E-state index contributed by atoms with van der Waals surface area (Å²) in [6, 6.07) is 19.7. The number of rotatable bonds is 38. The normalized spacial score (nSPS) is 16.6. The van der Waals surface area contributed by atoms with Gasteiger partial charge < -0.3 is 50.8 Å². The molecule has 1 fully saturated rings. The minimum absolute atomic E-state index is 0.00594. The first-order chi connectivity index (χ1) is 43.0. The zero-order valence-corrected chi connectivity index (χ0v) is 56.7. The molecule has 0 unspecified atom stereocenters. The SMILES string of the molecule is CC[C@H](C)[C@@H]([C@@H](CC(=O)N1CCC[C@H]1[C@H](OC)[C@@H](C)C(=O)N[C@@H](Cc1ccccc1)C(=O)O)OC)N(C)C(=O)[C@@H](CC(=O)[C@H](C(C)C)N(C)CCc1ccc(N(C)C(=O)OCc2ccc(CC(=O)[C@H](CCCNC(N)=O)NC(=O)[C@@H](C)C(C)C)cc2)cc1)C(C)C. The Labute approximate surface area is 540 Å². The fourth-order valence-corrected chi connectivity index (χ4v) is 12.2. The summed E-state index contributed by atoms with van der Waals surface area (Å²) in [5.74, 6) is -4.51. The van der Waals surface area contributed by atoms with Crippen LogP contribution < -0.4 is 26.6 Å². The van der Waals surface area contributed by atoms with E-state index in [0.29, 0.717) is 57.3 Å². The topological polar surface area (TPSA) is 277 Å². The maximum atomic E-state index is 14.9. The van der Waals surface area contributed by atoms with Crippen molar-refractivity contribution in [3.63, 3.8) is 0 Å². The maximum Gasteiger partial charge on any atom is 0.414 e. The molecule has 0 aliphatic carbocycles. The third-order valence-electron chi connectivity index (χ3n) is 18.3. The molecule has 0 bridgehead atoms. The van der Waals surface area contributed by atoms with E-state index in [1.165, 1.54) is 19.1 Å². The molecule has 1 saturated heterocycles. The number of hydrogen-bond acceptors (Lipinski definition) is 13. The van der Waals surface area contributed by atoms with Gasteiger partial charge in [0.05, 0.1) is 48.7 Å². The molecule has 11 atom stereocenters. The van der Waals surface area contributed by atoms with Gasteiger partial charge in [0.2, 0.25) is 23.6 Å². The van der Waals surface area contributed by atoms with E-state index in [2.05, 4.69) is 16.0 Å². The van der Waals surface area contributed by atoms with Crippen molar-refractivity contribution in [1.82, 2.24) is 30.7 Å². The van der Waals surface area contributed by atoms with E-state index in [0.717, 1.165) is 22.3 Å². The molecule has 1 heterocycles. The number of Topliss-reactive ketones (excluding diaryl/α,β-unsaturated/α-hetero) is 2. The van der Waals surface area contributed by atoms with Crippen LogP contribution in [0.25, 0.3) is 0 Å². The first-order valence-electron chi connectivity index (χ1n) is 32.4. The summed E-state index contributed by atoms with van der Waals surface area (Å²) < 4.78 is 17.7. The van der Waals surface area contributed by atoms with E-state index in [-0.39, 0.29) is 97.7 Å². The lowest BCUT2D eigenvalue weighted by Crippen LogP contribution is -2.55.